The van der Waals surface area contributed by atoms with E-state index in [-0.39, 0.29) is 17.9 Å². The standard InChI is InChI=1S/C35H33N7O2/c43-33(37-34-38-40-41-39-34)29-17-15-25(16-18-29)24-42(31-21-19-27(20-22-31)26-9-3-1-4-10-26)35(44)36-23-30-13-7-8-14-32(30)28-11-5-2-6-12-28/h2,5-9,11-22H,1,3-4,10,23-24H2,(H,36,44)(H2,37,38,39,40,41,43). The van der Waals surface area contributed by atoms with Crippen LogP contribution >= 0.6 is 0 Å². The number of rotatable bonds is 9. The van der Waals surface area contributed by atoms with Crippen LogP contribution in [0.5, 0.6) is 0 Å². The van der Waals surface area contributed by atoms with Crippen molar-refractivity contribution in [1.29, 1.82) is 0 Å². The third-order valence-corrected chi connectivity index (χ3v) is 7.75. The van der Waals surface area contributed by atoms with Gasteiger partial charge in [-0.15, -0.1) is 5.10 Å². The predicted octanol–water partition coefficient (Wildman–Crippen LogP) is 6.99. The summed E-state index contributed by atoms with van der Waals surface area (Å²) in [6, 6.07) is 33.4. The second-order valence-corrected chi connectivity index (χ2v) is 10.7. The number of carbonyl (C=O) groups excluding carboxylic acids is 2. The number of urea groups is 1. The van der Waals surface area contributed by atoms with Crippen LogP contribution in [-0.4, -0.2) is 32.6 Å². The molecule has 6 rings (SSSR count). The Morgan fingerprint density at radius 1 is 0.818 bits per heavy atom. The average molecular weight is 584 g/mol. The number of H-pyrrole nitrogens is 1. The first kappa shape index (κ1) is 28.5. The molecular weight excluding hydrogens is 550 g/mol. The van der Waals surface area contributed by atoms with Gasteiger partial charge in [0.25, 0.3) is 11.9 Å². The van der Waals surface area contributed by atoms with Gasteiger partial charge in [-0.3, -0.25) is 15.0 Å². The van der Waals surface area contributed by atoms with Crippen LogP contribution in [0.3, 0.4) is 0 Å². The highest BCUT2D eigenvalue weighted by Gasteiger charge is 2.18. The maximum absolute atomic E-state index is 13.8. The van der Waals surface area contributed by atoms with Gasteiger partial charge in [0.05, 0.1) is 6.54 Å². The maximum atomic E-state index is 13.8. The minimum atomic E-state index is -0.350. The van der Waals surface area contributed by atoms with Crippen molar-refractivity contribution in [3.8, 4) is 11.1 Å². The molecule has 9 heteroatoms. The highest BCUT2D eigenvalue weighted by atomic mass is 16.2. The van der Waals surface area contributed by atoms with Crippen LogP contribution in [-0.2, 0) is 13.1 Å². The monoisotopic (exact) mass is 583 g/mol. The van der Waals surface area contributed by atoms with Crippen molar-refractivity contribution in [2.24, 2.45) is 0 Å². The third kappa shape index (κ3) is 6.90. The number of benzene rings is 4. The zero-order chi connectivity index (χ0) is 30.1. The van der Waals surface area contributed by atoms with E-state index in [1.165, 1.54) is 24.0 Å². The molecule has 0 radical (unpaired) electrons. The van der Waals surface area contributed by atoms with Crippen molar-refractivity contribution in [2.45, 2.75) is 38.8 Å². The van der Waals surface area contributed by atoms with E-state index >= 15 is 0 Å². The zero-order valence-electron chi connectivity index (χ0n) is 24.2. The zero-order valence-corrected chi connectivity index (χ0v) is 24.2. The smallest absolute Gasteiger partial charge is 0.322 e. The van der Waals surface area contributed by atoms with Crippen molar-refractivity contribution in [3.05, 3.63) is 131 Å². The number of nitrogens with one attached hydrogen (secondary N) is 3. The molecule has 220 valence electrons. The SMILES string of the molecule is O=C(Nc1nn[nH]n1)c1ccc(CN(C(=O)NCc2ccccc2-c2ccccc2)c2ccc(C3=CCCCC3)cc2)cc1. The van der Waals surface area contributed by atoms with Crippen molar-refractivity contribution in [2.75, 3.05) is 10.2 Å². The van der Waals surface area contributed by atoms with Crippen LogP contribution in [0.4, 0.5) is 16.4 Å². The summed E-state index contributed by atoms with van der Waals surface area (Å²) in [5.41, 5.74) is 7.89. The molecule has 44 heavy (non-hydrogen) atoms. The number of aromatic nitrogens is 4. The quantitative estimate of drug-likeness (QED) is 0.173. The molecule has 0 aliphatic heterocycles. The maximum Gasteiger partial charge on any atom is 0.322 e. The number of anilines is 2. The molecule has 0 unspecified atom stereocenters. The van der Waals surface area contributed by atoms with E-state index in [1.807, 2.05) is 60.7 Å². The molecule has 0 saturated heterocycles. The average Bonchev–Trinajstić information content (AvgIpc) is 3.60. The van der Waals surface area contributed by atoms with E-state index < -0.39 is 0 Å². The summed E-state index contributed by atoms with van der Waals surface area (Å²) in [6.45, 7) is 0.696. The topological polar surface area (TPSA) is 116 Å². The van der Waals surface area contributed by atoms with E-state index in [0.717, 1.165) is 40.8 Å². The molecule has 3 N–H and O–H groups in total. The molecule has 9 nitrogen and oxygen atoms in total. The second-order valence-electron chi connectivity index (χ2n) is 10.7. The highest BCUT2D eigenvalue weighted by molar-refractivity contribution is 6.03. The van der Waals surface area contributed by atoms with Crippen molar-refractivity contribution in [1.82, 2.24) is 25.9 Å². The number of allylic oxidation sites excluding steroid dienone is 2. The first-order chi connectivity index (χ1) is 21.6. The number of carbonyl (C=O) groups is 2. The molecule has 0 bridgehead atoms. The van der Waals surface area contributed by atoms with Gasteiger partial charge < -0.3 is 5.32 Å². The van der Waals surface area contributed by atoms with Gasteiger partial charge in [0, 0.05) is 17.8 Å². The van der Waals surface area contributed by atoms with Crippen LogP contribution in [0.25, 0.3) is 16.7 Å². The van der Waals surface area contributed by atoms with Gasteiger partial charge in [0.2, 0.25) is 0 Å². The Hall–Kier alpha value is -5.57. The van der Waals surface area contributed by atoms with Crippen LogP contribution < -0.4 is 15.5 Å². The summed E-state index contributed by atoms with van der Waals surface area (Å²) in [7, 11) is 0. The number of hydrogen-bond donors (Lipinski definition) is 3. The summed E-state index contributed by atoms with van der Waals surface area (Å²) in [6.07, 6.45) is 6.95. The van der Waals surface area contributed by atoms with Gasteiger partial charge in [-0.2, -0.15) is 5.21 Å². The van der Waals surface area contributed by atoms with Gasteiger partial charge in [-0.1, -0.05) is 90.0 Å². The summed E-state index contributed by atoms with van der Waals surface area (Å²) in [5.74, 6) is -0.250. The van der Waals surface area contributed by atoms with E-state index in [0.29, 0.717) is 18.7 Å². The van der Waals surface area contributed by atoms with E-state index in [2.05, 4.69) is 67.7 Å². The Balaban J connectivity index is 1.22. The van der Waals surface area contributed by atoms with Crippen molar-refractivity contribution in [3.63, 3.8) is 0 Å². The van der Waals surface area contributed by atoms with Gasteiger partial charge in [-0.05, 0) is 88.6 Å². The lowest BCUT2D eigenvalue weighted by Crippen LogP contribution is -2.39. The van der Waals surface area contributed by atoms with Crippen LogP contribution in [0.15, 0.2) is 109 Å². The molecule has 0 spiro atoms. The first-order valence-electron chi connectivity index (χ1n) is 14.8. The van der Waals surface area contributed by atoms with Crippen LogP contribution in [0.1, 0.15) is 52.7 Å². The minimum Gasteiger partial charge on any atom is -0.334 e. The summed E-state index contributed by atoms with van der Waals surface area (Å²) >= 11 is 0. The van der Waals surface area contributed by atoms with Crippen molar-refractivity contribution < 1.29 is 9.59 Å². The molecule has 4 aromatic carbocycles. The Kier molecular flexibility index (Phi) is 8.82. The molecular formula is C35H33N7O2. The van der Waals surface area contributed by atoms with E-state index in [9.17, 15) is 9.59 Å². The van der Waals surface area contributed by atoms with Gasteiger partial charge in [0.1, 0.15) is 0 Å². The predicted molar refractivity (Wildman–Crippen MR) is 172 cm³/mol. The molecule has 5 aromatic rings. The number of hydrogen-bond acceptors (Lipinski definition) is 5. The second kappa shape index (κ2) is 13.6. The Morgan fingerprint density at radius 2 is 1.59 bits per heavy atom. The number of tetrazole rings is 1. The number of aromatic amines is 1. The van der Waals surface area contributed by atoms with E-state index in [4.69, 9.17) is 0 Å². The number of amides is 3. The molecule has 3 amide bonds. The fourth-order valence-electron chi connectivity index (χ4n) is 5.41. The molecule has 1 aliphatic carbocycles. The fraction of sp³-hybridized carbons (Fsp3) is 0.171. The van der Waals surface area contributed by atoms with Crippen LogP contribution in [0.2, 0.25) is 0 Å². The lowest BCUT2D eigenvalue weighted by molar-refractivity contribution is 0.102. The lowest BCUT2D eigenvalue weighted by atomic mass is 9.93. The molecule has 0 fully saturated rings. The Morgan fingerprint density at radius 3 is 2.32 bits per heavy atom. The summed E-state index contributed by atoms with van der Waals surface area (Å²) in [5, 5.41) is 19.0. The van der Waals surface area contributed by atoms with E-state index in [1.54, 1.807) is 17.0 Å². The van der Waals surface area contributed by atoms with Gasteiger partial charge in [-0.25, -0.2) is 4.79 Å². The summed E-state index contributed by atoms with van der Waals surface area (Å²) < 4.78 is 0. The van der Waals surface area contributed by atoms with Gasteiger partial charge in [0.15, 0.2) is 0 Å². The normalized spacial score (nSPS) is 12.7. The minimum absolute atomic E-state index is 0.100. The van der Waals surface area contributed by atoms with Crippen LogP contribution in [0, 0.1) is 0 Å². The Labute approximate surface area is 256 Å². The van der Waals surface area contributed by atoms with Gasteiger partial charge >= 0.3 is 6.03 Å². The highest BCUT2D eigenvalue weighted by Crippen LogP contribution is 2.29. The first-order valence-corrected chi connectivity index (χ1v) is 14.8. The molecule has 0 saturated carbocycles. The molecule has 1 aliphatic rings. The third-order valence-electron chi connectivity index (χ3n) is 7.75. The number of nitrogens with zero attached hydrogens (tertiary/aromatic N) is 4. The fourth-order valence-corrected chi connectivity index (χ4v) is 5.41. The molecule has 1 aromatic heterocycles. The molecule has 1 heterocycles. The lowest BCUT2D eigenvalue weighted by Gasteiger charge is -2.24. The van der Waals surface area contributed by atoms with Crippen molar-refractivity contribution >= 4 is 29.1 Å². The summed E-state index contributed by atoms with van der Waals surface area (Å²) in [4.78, 5) is 28.1. The largest absolute Gasteiger partial charge is 0.334 e. The molecule has 0 atom stereocenters. The Bertz CT molecular complexity index is 1730.